The van der Waals surface area contributed by atoms with Gasteiger partial charge in [-0.1, -0.05) is 81.4 Å². The molecule has 1 amide bonds. The Balaban J connectivity index is 1.99. The maximum absolute atomic E-state index is 12.8. The zero-order chi connectivity index (χ0) is 23.1. The SMILES string of the molecule is CC(C)(C)Sc1ccc(-c2ccccc2/C(N)=N/NN)cc1NC(=O)Cc1ccccc1. The molecule has 0 saturated heterocycles. The van der Waals surface area contributed by atoms with Gasteiger partial charge in [0.2, 0.25) is 5.91 Å². The molecule has 0 fully saturated rings. The predicted octanol–water partition coefficient (Wildman–Crippen LogP) is 4.51. The molecule has 6 N–H and O–H groups in total. The largest absolute Gasteiger partial charge is 0.382 e. The van der Waals surface area contributed by atoms with Gasteiger partial charge < -0.3 is 11.1 Å². The van der Waals surface area contributed by atoms with E-state index in [1.807, 2.05) is 72.8 Å². The molecular formula is C25H29N5OS. The zero-order valence-corrected chi connectivity index (χ0v) is 19.4. The molecule has 7 heteroatoms. The van der Waals surface area contributed by atoms with E-state index >= 15 is 0 Å². The number of rotatable bonds is 7. The van der Waals surface area contributed by atoms with Crippen molar-refractivity contribution in [3.63, 3.8) is 0 Å². The van der Waals surface area contributed by atoms with E-state index in [0.29, 0.717) is 6.42 Å². The fraction of sp³-hybridized carbons (Fsp3) is 0.200. The number of carbonyl (C=O) groups is 1. The van der Waals surface area contributed by atoms with Crippen molar-refractivity contribution in [3.05, 3.63) is 83.9 Å². The molecule has 0 atom stereocenters. The van der Waals surface area contributed by atoms with E-state index in [1.54, 1.807) is 11.8 Å². The minimum absolute atomic E-state index is 0.0117. The van der Waals surface area contributed by atoms with Crippen LogP contribution in [0.15, 0.2) is 82.8 Å². The maximum atomic E-state index is 12.8. The molecule has 3 aromatic carbocycles. The van der Waals surface area contributed by atoms with Crippen molar-refractivity contribution in [1.29, 1.82) is 0 Å². The third-order valence-electron chi connectivity index (χ3n) is 4.58. The van der Waals surface area contributed by atoms with Crippen LogP contribution in [0.2, 0.25) is 0 Å². The third kappa shape index (κ3) is 6.35. The quantitative estimate of drug-likeness (QED) is 0.140. The molecule has 0 aliphatic rings. The van der Waals surface area contributed by atoms with Gasteiger partial charge in [-0.3, -0.25) is 4.79 Å². The summed E-state index contributed by atoms with van der Waals surface area (Å²) in [5.74, 6) is 5.53. The monoisotopic (exact) mass is 447 g/mol. The van der Waals surface area contributed by atoms with E-state index in [2.05, 4.69) is 36.7 Å². The summed E-state index contributed by atoms with van der Waals surface area (Å²) in [5, 5.41) is 7.03. The summed E-state index contributed by atoms with van der Waals surface area (Å²) in [5.41, 5.74) is 12.6. The van der Waals surface area contributed by atoms with Gasteiger partial charge in [-0.25, -0.2) is 11.4 Å². The van der Waals surface area contributed by atoms with Crippen molar-refractivity contribution in [2.24, 2.45) is 16.7 Å². The van der Waals surface area contributed by atoms with Crippen LogP contribution in [0.5, 0.6) is 0 Å². The normalized spacial score (nSPS) is 11.8. The van der Waals surface area contributed by atoms with Gasteiger partial charge in [-0.15, -0.1) is 16.9 Å². The number of benzene rings is 3. The fourth-order valence-electron chi connectivity index (χ4n) is 3.28. The van der Waals surface area contributed by atoms with Crippen LogP contribution in [0.3, 0.4) is 0 Å². The first-order valence-corrected chi connectivity index (χ1v) is 11.1. The van der Waals surface area contributed by atoms with Crippen LogP contribution < -0.4 is 22.4 Å². The van der Waals surface area contributed by atoms with Crippen LogP contribution in [0, 0.1) is 0 Å². The molecule has 3 aromatic rings. The smallest absolute Gasteiger partial charge is 0.228 e. The molecule has 6 nitrogen and oxygen atoms in total. The molecule has 0 aliphatic carbocycles. The highest BCUT2D eigenvalue weighted by molar-refractivity contribution is 8.00. The van der Waals surface area contributed by atoms with Crippen molar-refractivity contribution in [2.75, 3.05) is 5.32 Å². The number of hydrazine groups is 1. The predicted molar refractivity (Wildman–Crippen MR) is 134 cm³/mol. The molecule has 0 saturated carbocycles. The van der Waals surface area contributed by atoms with Crippen molar-refractivity contribution >= 4 is 29.2 Å². The van der Waals surface area contributed by atoms with Gasteiger partial charge in [0.1, 0.15) is 0 Å². The average Bonchev–Trinajstić information content (AvgIpc) is 2.75. The van der Waals surface area contributed by atoms with Gasteiger partial charge in [-0.05, 0) is 28.8 Å². The Labute approximate surface area is 193 Å². The van der Waals surface area contributed by atoms with Gasteiger partial charge >= 0.3 is 0 Å². The Morgan fingerprint density at radius 3 is 2.38 bits per heavy atom. The molecule has 3 rings (SSSR count). The van der Waals surface area contributed by atoms with Crippen LogP contribution in [0.4, 0.5) is 5.69 Å². The first-order chi connectivity index (χ1) is 15.3. The number of thioether (sulfide) groups is 1. The average molecular weight is 448 g/mol. The number of anilines is 1. The van der Waals surface area contributed by atoms with Gasteiger partial charge in [-0.2, -0.15) is 0 Å². The van der Waals surface area contributed by atoms with Gasteiger partial charge in [0.05, 0.1) is 12.1 Å². The van der Waals surface area contributed by atoms with E-state index in [4.69, 9.17) is 11.6 Å². The molecule has 0 radical (unpaired) electrons. The standard InChI is InChI=1S/C25H29N5OS/c1-25(2,3)32-22-14-13-18(19-11-7-8-12-20(19)24(26)29-30-27)16-21(22)28-23(31)15-17-9-5-4-6-10-17/h4-14,16,30H,15,27H2,1-3H3,(H2,26,29)(H,28,31). The number of amidine groups is 1. The number of nitrogens with two attached hydrogens (primary N) is 2. The molecule has 0 aromatic heterocycles. The minimum Gasteiger partial charge on any atom is -0.382 e. The van der Waals surface area contributed by atoms with Gasteiger partial charge in [0, 0.05) is 15.2 Å². The number of hydrogen-bond acceptors (Lipinski definition) is 5. The maximum Gasteiger partial charge on any atom is 0.228 e. The Hall–Kier alpha value is -3.29. The number of hydrazone groups is 1. The number of hydrogen-bond donors (Lipinski definition) is 4. The summed E-state index contributed by atoms with van der Waals surface area (Å²) in [6.07, 6.45) is 0.309. The van der Waals surface area contributed by atoms with E-state index in [0.717, 1.165) is 32.8 Å². The lowest BCUT2D eigenvalue weighted by atomic mass is 9.98. The Kier molecular flexibility index (Phi) is 7.56. The van der Waals surface area contributed by atoms with Crippen molar-refractivity contribution in [3.8, 4) is 11.1 Å². The molecule has 0 bridgehead atoms. The molecular weight excluding hydrogens is 418 g/mol. The molecule has 166 valence electrons. The Bertz CT molecular complexity index is 1110. The lowest BCUT2D eigenvalue weighted by Crippen LogP contribution is -2.23. The van der Waals surface area contributed by atoms with Gasteiger partial charge in [0.15, 0.2) is 5.84 Å². The zero-order valence-electron chi connectivity index (χ0n) is 18.6. The third-order valence-corrected chi connectivity index (χ3v) is 5.76. The second-order valence-electron chi connectivity index (χ2n) is 8.31. The summed E-state index contributed by atoms with van der Waals surface area (Å²) in [6.45, 7) is 6.44. The van der Waals surface area contributed by atoms with E-state index in [9.17, 15) is 4.79 Å². The molecule has 32 heavy (non-hydrogen) atoms. The summed E-state index contributed by atoms with van der Waals surface area (Å²) in [6, 6.07) is 23.4. The van der Waals surface area contributed by atoms with E-state index in [-0.39, 0.29) is 16.5 Å². The lowest BCUT2D eigenvalue weighted by molar-refractivity contribution is -0.115. The highest BCUT2D eigenvalue weighted by atomic mass is 32.2. The summed E-state index contributed by atoms with van der Waals surface area (Å²) >= 11 is 1.71. The summed E-state index contributed by atoms with van der Waals surface area (Å²) in [4.78, 5) is 13.8. The van der Waals surface area contributed by atoms with Crippen LogP contribution in [0.1, 0.15) is 31.9 Å². The lowest BCUT2D eigenvalue weighted by Gasteiger charge is -2.21. The summed E-state index contributed by atoms with van der Waals surface area (Å²) < 4.78 is -0.0117. The Morgan fingerprint density at radius 1 is 1.00 bits per heavy atom. The minimum atomic E-state index is -0.0641. The van der Waals surface area contributed by atoms with Gasteiger partial charge in [0.25, 0.3) is 0 Å². The first kappa shape index (κ1) is 23.4. The summed E-state index contributed by atoms with van der Waals surface area (Å²) in [7, 11) is 0. The number of amides is 1. The second kappa shape index (κ2) is 10.3. The highest BCUT2D eigenvalue weighted by Crippen LogP contribution is 2.39. The number of carbonyl (C=O) groups excluding carboxylic acids is 1. The fourth-order valence-corrected chi connectivity index (χ4v) is 4.29. The number of nitrogens with zero attached hydrogens (tertiary/aromatic N) is 1. The van der Waals surface area contributed by atoms with Crippen molar-refractivity contribution in [1.82, 2.24) is 5.53 Å². The number of nitrogens with one attached hydrogen (secondary N) is 2. The topological polar surface area (TPSA) is 106 Å². The van der Waals surface area contributed by atoms with Crippen LogP contribution >= 0.6 is 11.8 Å². The Morgan fingerprint density at radius 2 is 1.69 bits per heavy atom. The molecule has 0 unspecified atom stereocenters. The first-order valence-electron chi connectivity index (χ1n) is 10.3. The van der Waals surface area contributed by atoms with E-state index < -0.39 is 0 Å². The van der Waals surface area contributed by atoms with Crippen molar-refractivity contribution in [2.45, 2.75) is 36.8 Å². The van der Waals surface area contributed by atoms with E-state index in [1.165, 1.54) is 0 Å². The van der Waals surface area contributed by atoms with Crippen molar-refractivity contribution < 1.29 is 4.79 Å². The second-order valence-corrected chi connectivity index (χ2v) is 10.2. The van der Waals surface area contributed by atoms with Crippen LogP contribution in [-0.2, 0) is 11.2 Å². The molecule has 0 heterocycles. The highest BCUT2D eigenvalue weighted by Gasteiger charge is 2.18. The molecule has 0 aliphatic heterocycles. The van der Waals surface area contributed by atoms with Crippen LogP contribution in [-0.4, -0.2) is 16.5 Å². The molecule has 0 spiro atoms. The van der Waals surface area contributed by atoms with Crippen LogP contribution in [0.25, 0.3) is 11.1 Å².